The zero-order chi connectivity index (χ0) is 43.3. The van der Waals surface area contributed by atoms with Crippen molar-refractivity contribution >= 4 is 19.8 Å². The molecule has 0 amide bonds. The number of rotatable bonds is 46. The van der Waals surface area contributed by atoms with E-state index in [0.29, 0.717) is 12.8 Å². The Kier molecular flexibility index (Phi) is 43.3. The first-order valence-corrected chi connectivity index (χ1v) is 25.8. The molecule has 0 radical (unpaired) electrons. The smallest absolute Gasteiger partial charge is 0.462 e. The van der Waals surface area contributed by atoms with Crippen molar-refractivity contribution in [2.24, 2.45) is 0 Å². The van der Waals surface area contributed by atoms with Gasteiger partial charge >= 0.3 is 19.8 Å². The minimum Gasteiger partial charge on any atom is -0.462 e. The fourth-order valence-electron chi connectivity index (χ4n) is 6.85. The van der Waals surface area contributed by atoms with Crippen LogP contribution in [0.15, 0.2) is 24.3 Å². The van der Waals surface area contributed by atoms with Crippen LogP contribution in [0, 0.1) is 0 Å². The summed E-state index contributed by atoms with van der Waals surface area (Å²) in [6, 6.07) is 0. The molecule has 10 nitrogen and oxygen atoms in total. The number of aliphatic hydroxyl groups is 2. The van der Waals surface area contributed by atoms with Crippen LogP contribution in [0.3, 0.4) is 0 Å². The predicted molar refractivity (Wildman–Crippen MR) is 242 cm³/mol. The van der Waals surface area contributed by atoms with Crippen LogP contribution < -0.4 is 0 Å². The lowest BCUT2D eigenvalue weighted by Gasteiger charge is -2.20. The summed E-state index contributed by atoms with van der Waals surface area (Å²) < 4.78 is 32.8. The summed E-state index contributed by atoms with van der Waals surface area (Å²) in [7, 11) is -4.62. The molecule has 0 aliphatic heterocycles. The third-order valence-electron chi connectivity index (χ3n) is 10.6. The van der Waals surface area contributed by atoms with Crippen molar-refractivity contribution in [3.63, 3.8) is 0 Å². The van der Waals surface area contributed by atoms with Crippen LogP contribution in [0.4, 0.5) is 0 Å². The Morgan fingerprint density at radius 3 is 1.34 bits per heavy atom. The highest BCUT2D eigenvalue weighted by molar-refractivity contribution is 7.47. The Balaban J connectivity index is 4.20. The van der Waals surface area contributed by atoms with E-state index < -0.39 is 51.8 Å². The van der Waals surface area contributed by atoms with Gasteiger partial charge in [-0.25, -0.2) is 4.57 Å². The molecular formula is C48H91O10P. The second-order valence-corrected chi connectivity index (χ2v) is 17.9. The van der Waals surface area contributed by atoms with Gasteiger partial charge in [0.1, 0.15) is 12.7 Å². The number of carbonyl (C=O) groups is 2. The second kappa shape index (κ2) is 44.5. The Bertz CT molecular complexity index is 1040. The molecule has 0 spiro atoms. The van der Waals surface area contributed by atoms with E-state index in [1.54, 1.807) is 0 Å². The van der Waals surface area contributed by atoms with Crippen LogP contribution in [-0.4, -0.2) is 65.7 Å². The number of esters is 2. The van der Waals surface area contributed by atoms with Gasteiger partial charge in [0, 0.05) is 12.8 Å². The normalized spacial score (nSPS) is 13.9. The van der Waals surface area contributed by atoms with E-state index in [4.69, 9.17) is 23.6 Å². The number of hydrogen-bond acceptors (Lipinski definition) is 9. The zero-order valence-corrected chi connectivity index (χ0v) is 38.9. The topological polar surface area (TPSA) is 149 Å². The molecule has 0 aromatic rings. The predicted octanol–water partition coefficient (Wildman–Crippen LogP) is 13.3. The summed E-state index contributed by atoms with van der Waals surface area (Å²) in [6.45, 7) is 2.39. The van der Waals surface area contributed by atoms with Gasteiger partial charge < -0.3 is 24.6 Å². The highest BCUT2D eigenvalue weighted by Gasteiger charge is 2.27. The van der Waals surface area contributed by atoms with Crippen molar-refractivity contribution < 1.29 is 47.8 Å². The SMILES string of the molecule is CCCCC/C=C\C/C=C\CCCCCCCCCC(=O)O[C@H](COC(=O)CCCCCCCCCCCCCCCCCCCCC)COP(=O)(O)OC[C@@H](O)CO. The molecular weight excluding hydrogens is 767 g/mol. The summed E-state index contributed by atoms with van der Waals surface area (Å²) in [5.74, 6) is -0.922. The Morgan fingerprint density at radius 1 is 0.508 bits per heavy atom. The van der Waals surface area contributed by atoms with Gasteiger partial charge in [-0.1, -0.05) is 199 Å². The van der Waals surface area contributed by atoms with Gasteiger partial charge in [0.15, 0.2) is 6.10 Å². The van der Waals surface area contributed by atoms with Crippen LogP contribution in [0.5, 0.6) is 0 Å². The van der Waals surface area contributed by atoms with Crippen LogP contribution in [0.25, 0.3) is 0 Å². The quantitative estimate of drug-likeness (QED) is 0.0234. The van der Waals surface area contributed by atoms with E-state index in [9.17, 15) is 24.2 Å². The Morgan fingerprint density at radius 2 is 0.881 bits per heavy atom. The van der Waals surface area contributed by atoms with Crippen molar-refractivity contribution in [2.75, 3.05) is 26.4 Å². The summed E-state index contributed by atoms with van der Waals surface area (Å²) in [5, 5.41) is 18.4. The average molecular weight is 859 g/mol. The molecule has 0 rings (SSSR count). The van der Waals surface area contributed by atoms with Crippen LogP contribution in [-0.2, 0) is 32.7 Å². The fourth-order valence-corrected chi connectivity index (χ4v) is 7.64. The highest BCUT2D eigenvalue weighted by atomic mass is 31.2. The van der Waals surface area contributed by atoms with Crippen LogP contribution in [0.2, 0.25) is 0 Å². The molecule has 11 heteroatoms. The molecule has 0 aliphatic carbocycles. The maximum absolute atomic E-state index is 12.6. The zero-order valence-electron chi connectivity index (χ0n) is 38.0. The molecule has 0 aromatic heterocycles. The van der Waals surface area contributed by atoms with Crippen molar-refractivity contribution in [2.45, 2.75) is 244 Å². The number of carbonyl (C=O) groups excluding carboxylic acids is 2. The average Bonchev–Trinajstić information content (AvgIpc) is 3.22. The van der Waals surface area contributed by atoms with Gasteiger partial charge in [-0.15, -0.1) is 0 Å². The van der Waals surface area contributed by atoms with Gasteiger partial charge in [0.05, 0.1) is 19.8 Å². The fraction of sp³-hybridized carbons (Fsp3) is 0.875. The first-order valence-electron chi connectivity index (χ1n) is 24.3. The van der Waals surface area contributed by atoms with Gasteiger partial charge in [-0.05, 0) is 44.9 Å². The number of phosphoric ester groups is 1. The lowest BCUT2D eigenvalue weighted by Crippen LogP contribution is -2.29. The minimum absolute atomic E-state index is 0.178. The number of phosphoric acid groups is 1. The van der Waals surface area contributed by atoms with E-state index in [1.165, 1.54) is 141 Å². The summed E-state index contributed by atoms with van der Waals surface area (Å²) in [4.78, 5) is 35.1. The number of allylic oxidation sites excluding steroid dienone is 4. The maximum Gasteiger partial charge on any atom is 0.472 e. The molecule has 348 valence electrons. The third-order valence-corrected chi connectivity index (χ3v) is 11.6. The number of ether oxygens (including phenoxy) is 2. The van der Waals surface area contributed by atoms with E-state index in [2.05, 4.69) is 38.2 Å². The van der Waals surface area contributed by atoms with Crippen LogP contribution >= 0.6 is 7.82 Å². The van der Waals surface area contributed by atoms with Crippen molar-refractivity contribution in [3.05, 3.63) is 24.3 Å². The monoisotopic (exact) mass is 859 g/mol. The Labute approximate surface area is 361 Å². The van der Waals surface area contributed by atoms with E-state index >= 15 is 0 Å². The summed E-state index contributed by atoms with van der Waals surface area (Å²) >= 11 is 0. The molecule has 59 heavy (non-hydrogen) atoms. The molecule has 0 saturated carbocycles. The van der Waals surface area contributed by atoms with Crippen molar-refractivity contribution in [1.82, 2.24) is 0 Å². The lowest BCUT2D eigenvalue weighted by molar-refractivity contribution is -0.161. The third kappa shape index (κ3) is 44.3. The molecule has 0 saturated heterocycles. The standard InChI is InChI=1S/C48H91O10P/c1-3-5-7-9-11-13-15-17-19-21-22-24-25-27-29-31-33-35-37-39-47(51)55-43-46(44-57-59(53,54)56-42-45(50)41-49)58-48(52)40-38-36-34-32-30-28-26-23-20-18-16-14-12-10-8-6-4-2/h12,14,18,20,45-46,49-50H,3-11,13,15-17,19,21-44H2,1-2H3,(H,53,54)/b14-12-,20-18-/t45-,46+/m0/s1. The van der Waals surface area contributed by atoms with Gasteiger partial charge in [0.25, 0.3) is 0 Å². The van der Waals surface area contributed by atoms with Crippen molar-refractivity contribution in [1.29, 1.82) is 0 Å². The van der Waals surface area contributed by atoms with Gasteiger partial charge in [-0.2, -0.15) is 0 Å². The maximum atomic E-state index is 12.6. The second-order valence-electron chi connectivity index (χ2n) is 16.5. The number of unbranched alkanes of at least 4 members (excludes halogenated alkanes) is 28. The largest absolute Gasteiger partial charge is 0.472 e. The highest BCUT2D eigenvalue weighted by Crippen LogP contribution is 2.43. The number of hydrogen-bond donors (Lipinski definition) is 3. The molecule has 0 heterocycles. The van der Waals surface area contributed by atoms with E-state index in [-0.39, 0.29) is 19.4 Å². The molecule has 0 aromatic carbocycles. The van der Waals surface area contributed by atoms with E-state index in [0.717, 1.165) is 51.4 Å². The minimum atomic E-state index is -4.62. The first-order chi connectivity index (χ1) is 28.7. The molecule has 3 N–H and O–H groups in total. The molecule has 1 unspecified atom stereocenters. The lowest BCUT2D eigenvalue weighted by atomic mass is 10.0. The first kappa shape index (κ1) is 57.4. The molecule has 0 bridgehead atoms. The summed E-state index contributed by atoms with van der Waals surface area (Å²) in [6.07, 6.45) is 45.7. The molecule has 0 aliphatic rings. The van der Waals surface area contributed by atoms with Gasteiger partial charge in [0.2, 0.25) is 0 Å². The Hall–Kier alpha value is -1.55. The molecule has 0 fully saturated rings. The van der Waals surface area contributed by atoms with E-state index in [1.807, 2.05) is 0 Å². The van der Waals surface area contributed by atoms with Crippen LogP contribution in [0.1, 0.15) is 232 Å². The number of aliphatic hydroxyl groups excluding tert-OH is 2. The molecule has 3 atom stereocenters. The van der Waals surface area contributed by atoms with Gasteiger partial charge in [-0.3, -0.25) is 18.6 Å². The van der Waals surface area contributed by atoms with Crippen molar-refractivity contribution in [3.8, 4) is 0 Å². The summed E-state index contributed by atoms with van der Waals surface area (Å²) in [5.41, 5.74) is 0.